The number of halogens is 1. The van der Waals surface area contributed by atoms with E-state index in [0.717, 1.165) is 17.8 Å². The lowest BCUT2D eigenvalue weighted by Crippen LogP contribution is -2.34. The molecule has 1 unspecified atom stereocenters. The summed E-state index contributed by atoms with van der Waals surface area (Å²) in [5.41, 5.74) is 2.06. The quantitative estimate of drug-likeness (QED) is 0.685. The minimum Gasteiger partial charge on any atom is -0.324 e. The Hall–Kier alpha value is -1.06. The molecule has 1 atom stereocenters. The maximum absolute atomic E-state index is 11.4. The molecule has 2 N–H and O–H groups in total. The van der Waals surface area contributed by atoms with Crippen molar-refractivity contribution >= 4 is 24.0 Å². The van der Waals surface area contributed by atoms with E-state index in [-0.39, 0.29) is 24.4 Å². The number of anilines is 1. The van der Waals surface area contributed by atoms with E-state index in [2.05, 4.69) is 10.6 Å². The lowest BCUT2D eigenvalue weighted by atomic mass is 10.2. The fourth-order valence-electron chi connectivity index (χ4n) is 1.39. The van der Waals surface area contributed by atoms with Crippen LogP contribution in [0.2, 0.25) is 0 Å². The minimum atomic E-state index is -0.118. The van der Waals surface area contributed by atoms with E-state index < -0.39 is 0 Å². The van der Waals surface area contributed by atoms with E-state index >= 15 is 0 Å². The monoisotopic (exact) mass is 212 g/mol. The predicted octanol–water partition coefficient (Wildman–Crippen LogP) is 1.54. The lowest BCUT2D eigenvalue weighted by Gasteiger charge is -2.06. The molecule has 0 aliphatic carbocycles. The first-order chi connectivity index (χ1) is 6.27. The number of para-hydroxylation sites is 1. The Morgan fingerprint density at radius 2 is 2.07 bits per heavy atom. The lowest BCUT2D eigenvalue weighted by molar-refractivity contribution is -0.117. The molecule has 1 aliphatic rings. The highest BCUT2D eigenvalue weighted by molar-refractivity contribution is 5.95. The van der Waals surface area contributed by atoms with Gasteiger partial charge in [-0.05, 0) is 18.6 Å². The zero-order valence-electron chi connectivity index (χ0n) is 7.91. The van der Waals surface area contributed by atoms with Crippen LogP contribution in [0.5, 0.6) is 0 Å². The molecule has 1 aromatic rings. The highest BCUT2D eigenvalue weighted by atomic mass is 35.5. The van der Waals surface area contributed by atoms with Crippen molar-refractivity contribution in [2.45, 2.75) is 19.5 Å². The molecule has 1 amide bonds. The number of benzene rings is 1. The zero-order valence-corrected chi connectivity index (χ0v) is 8.73. The molecular formula is C10H13ClN2O. The third kappa shape index (κ3) is 2.05. The standard InChI is InChI=1S/C10H12N2O.ClH/c1-7-10(13)12-9-5-3-2-4-8(9)6-11-7;/h2-5,7,11H,6H2,1H3,(H,12,13);1H. The largest absolute Gasteiger partial charge is 0.324 e. The molecule has 0 saturated heterocycles. The van der Waals surface area contributed by atoms with E-state index in [4.69, 9.17) is 0 Å². The van der Waals surface area contributed by atoms with Gasteiger partial charge in [0.15, 0.2) is 0 Å². The predicted molar refractivity (Wildman–Crippen MR) is 58.6 cm³/mol. The topological polar surface area (TPSA) is 41.1 Å². The van der Waals surface area contributed by atoms with Gasteiger partial charge in [-0.3, -0.25) is 4.79 Å². The summed E-state index contributed by atoms with van der Waals surface area (Å²) in [6.07, 6.45) is 0. The van der Waals surface area contributed by atoms with Crippen LogP contribution in [0.25, 0.3) is 0 Å². The van der Waals surface area contributed by atoms with Crippen molar-refractivity contribution < 1.29 is 4.79 Å². The molecule has 0 radical (unpaired) electrons. The van der Waals surface area contributed by atoms with Crippen molar-refractivity contribution in [2.24, 2.45) is 0 Å². The Labute approximate surface area is 89.3 Å². The van der Waals surface area contributed by atoms with Crippen LogP contribution in [-0.4, -0.2) is 11.9 Å². The Morgan fingerprint density at radius 1 is 1.36 bits per heavy atom. The van der Waals surface area contributed by atoms with E-state index in [9.17, 15) is 4.79 Å². The first-order valence-corrected chi connectivity index (χ1v) is 4.39. The number of carbonyl (C=O) groups excluding carboxylic acids is 1. The highest BCUT2D eigenvalue weighted by Crippen LogP contribution is 2.17. The number of hydrogen-bond donors (Lipinski definition) is 2. The smallest absolute Gasteiger partial charge is 0.241 e. The molecule has 0 saturated carbocycles. The molecule has 0 bridgehead atoms. The average molecular weight is 213 g/mol. The summed E-state index contributed by atoms with van der Waals surface area (Å²) in [5, 5.41) is 6.01. The molecule has 0 fully saturated rings. The third-order valence-corrected chi connectivity index (χ3v) is 2.27. The second-order valence-electron chi connectivity index (χ2n) is 3.25. The van der Waals surface area contributed by atoms with E-state index in [1.54, 1.807) is 0 Å². The Morgan fingerprint density at radius 3 is 2.86 bits per heavy atom. The van der Waals surface area contributed by atoms with Gasteiger partial charge in [-0.2, -0.15) is 0 Å². The maximum Gasteiger partial charge on any atom is 0.241 e. The summed E-state index contributed by atoms with van der Waals surface area (Å²) in [7, 11) is 0. The van der Waals surface area contributed by atoms with Crippen molar-refractivity contribution in [1.29, 1.82) is 0 Å². The average Bonchev–Trinajstić information content (AvgIpc) is 2.28. The number of nitrogens with one attached hydrogen (secondary N) is 2. The molecule has 1 aliphatic heterocycles. The fourth-order valence-corrected chi connectivity index (χ4v) is 1.39. The second-order valence-corrected chi connectivity index (χ2v) is 3.25. The second kappa shape index (κ2) is 4.44. The number of amides is 1. The molecule has 14 heavy (non-hydrogen) atoms. The van der Waals surface area contributed by atoms with Crippen LogP contribution in [0.4, 0.5) is 5.69 Å². The summed E-state index contributed by atoms with van der Waals surface area (Å²) >= 11 is 0. The van der Waals surface area contributed by atoms with Crippen molar-refractivity contribution in [3.05, 3.63) is 29.8 Å². The van der Waals surface area contributed by atoms with Gasteiger partial charge < -0.3 is 10.6 Å². The molecule has 2 rings (SSSR count). The van der Waals surface area contributed by atoms with Crippen molar-refractivity contribution in [3.63, 3.8) is 0 Å². The molecule has 1 heterocycles. The van der Waals surface area contributed by atoms with E-state index in [1.807, 2.05) is 31.2 Å². The summed E-state index contributed by atoms with van der Waals surface area (Å²) in [4.78, 5) is 11.4. The molecule has 3 nitrogen and oxygen atoms in total. The van der Waals surface area contributed by atoms with E-state index in [1.165, 1.54) is 0 Å². The molecule has 4 heteroatoms. The molecule has 0 aromatic heterocycles. The van der Waals surface area contributed by atoms with Crippen molar-refractivity contribution in [3.8, 4) is 0 Å². The van der Waals surface area contributed by atoms with Gasteiger partial charge in [0, 0.05) is 12.2 Å². The van der Waals surface area contributed by atoms with Crippen LogP contribution >= 0.6 is 12.4 Å². The molecule has 1 aromatic carbocycles. The van der Waals surface area contributed by atoms with E-state index in [0.29, 0.717) is 0 Å². The number of rotatable bonds is 0. The zero-order chi connectivity index (χ0) is 9.26. The molecular weight excluding hydrogens is 200 g/mol. The van der Waals surface area contributed by atoms with Crippen LogP contribution in [0, 0.1) is 0 Å². The Kier molecular flexibility index (Phi) is 3.49. The third-order valence-electron chi connectivity index (χ3n) is 2.27. The van der Waals surface area contributed by atoms with Crippen LogP contribution in [-0.2, 0) is 11.3 Å². The van der Waals surface area contributed by atoms with Gasteiger partial charge in [-0.1, -0.05) is 18.2 Å². The van der Waals surface area contributed by atoms with Gasteiger partial charge in [0.25, 0.3) is 0 Å². The fraction of sp³-hybridized carbons (Fsp3) is 0.300. The van der Waals surface area contributed by atoms with Gasteiger partial charge in [-0.15, -0.1) is 12.4 Å². The summed E-state index contributed by atoms with van der Waals surface area (Å²) in [6, 6.07) is 7.72. The number of fused-ring (bicyclic) bond motifs is 1. The van der Waals surface area contributed by atoms with Crippen LogP contribution in [0.3, 0.4) is 0 Å². The minimum absolute atomic E-state index is 0. The van der Waals surface area contributed by atoms with Gasteiger partial charge in [0.05, 0.1) is 6.04 Å². The Balaban J connectivity index is 0.000000980. The number of carbonyl (C=O) groups is 1. The molecule has 76 valence electrons. The number of hydrogen-bond acceptors (Lipinski definition) is 2. The summed E-state index contributed by atoms with van der Waals surface area (Å²) < 4.78 is 0. The maximum atomic E-state index is 11.4. The van der Waals surface area contributed by atoms with Gasteiger partial charge >= 0.3 is 0 Å². The Bertz CT molecular complexity index is 341. The van der Waals surface area contributed by atoms with Crippen LogP contribution in [0.1, 0.15) is 12.5 Å². The van der Waals surface area contributed by atoms with Gasteiger partial charge in [-0.25, -0.2) is 0 Å². The highest BCUT2D eigenvalue weighted by Gasteiger charge is 2.17. The van der Waals surface area contributed by atoms with Gasteiger partial charge in [0.1, 0.15) is 0 Å². The summed E-state index contributed by atoms with van der Waals surface area (Å²) in [6.45, 7) is 2.61. The molecule has 0 spiro atoms. The van der Waals surface area contributed by atoms with Crippen LogP contribution in [0.15, 0.2) is 24.3 Å². The summed E-state index contributed by atoms with van der Waals surface area (Å²) in [5.74, 6) is 0.0324. The first kappa shape index (κ1) is 11.0. The SMILES string of the molecule is CC1NCc2ccccc2NC1=O.Cl. The van der Waals surface area contributed by atoms with Crippen LogP contribution < -0.4 is 10.6 Å². The van der Waals surface area contributed by atoms with Crippen molar-refractivity contribution in [2.75, 3.05) is 5.32 Å². The van der Waals surface area contributed by atoms with Crippen molar-refractivity contribution in [1.82, 2.24) is 5.32 Å². The normalized spacial score (nSPS) is 20.1. The first-order valence-electron chi connectivity index (χ1n) is 4.39. The van der Waals surface area contributed by atoms with Gasteiger partial charge in [0.2, 0.25) is 5.91 Å².